The number of allylic oxidation sites excluding steroid dienone is 1. The van der Waals surface area contributed by atoms with Crippen LogP contribution in [0.1, 0.15) is 44.9 Å². The topological polar surface area (TPSA) is 0 Å². The van der Waals surface area contributed by atoms with Crippen molar-refractivity contribution in [2.24, 2.45) is 0 Å². The van der Waals surface area contributed by atoms with Gasteiger partial charge in [-0.15, -0.1) is 0 Å². The zero-order valence-corrected chi connectivity index (χ0v) is 20.4. The van der Waals surface area contributed by atoms with Gasteiger partial charge in [-0.1, -0.05) is 103 Å². The quantitative estimate of drug-likeness (QED) is 0.234. The molecule has 0 bridgehead atoms. The van der Waals surface area contributed by atoms with Crippen molar-refractivity contribution < 1.29 is 0 Å². The maximum absolute atomic E-state index is 2.49. The summed E-state index contributed by atoms with van der Waals surface area (Å²) in [6.45, 7) is 6.70. The van der Waals surface area contributed by atoms with Gasteiger partial charge in [-0.05, 0) is 87.9 Å². The Labute approximate surface area is 199 Å². The van der Waals surface area contributed by atoms with Crippen LogP contribution in [0.4, 0.5) is 0 Å². The van der Waals surface area contributed by atoms with Gasteiger partial charge in [0, 0.05) is 9.49 Å². The zero-order valence-electron chi connectivity index (χ0n) is 18.3. The molecular formula is C30H27I. The van der Waals surface area contributed by atoms with Gasteiger partial charge in [0.15, 0.2) is 0 Å². The highest BCUT2D eigenvalue weighted by Gasteiger charge is 2.19. The predicted molar refractivity (Wildman–Crippen MR) is 142 cm³/mol. The Morgan fingerprint density at radius 2 is 1.16 bits per heavy atom. The highest BCUT2D eigenvalue weighted by molar-refractivity contribution is 14.1. The molecule has 1 heteroatoms. The summed E-state index contributed by atoms with van der Waals surface area (Å²) in [4.78, 5) is 0. The zero-order chi connectivity index (χ0) is 21.8. The molecular weight excluding hydrogens is 487 g/mol. The average molecular weight is 514 g/mol. The van der Waals surface area contributed by atoms with E-state index in [0.29, 0.717) is 0 Å². The molecule has 4 rings (SSSR count). The highest BCUT2D eigenvalue weighted by atomic mass is 127. The Bertz CT molecular complexity index is 1150. The van der Waals surface area contributed by atoms with E-state index in [4.69, 9.17) is 0 Å². The van der Waals surface area contributed by atoms with Gasteiger partial charge in [-0.2, -0.15) is 0 Å². The number of hydrogen-bond donors (Lipinski definition) is 0. The molecule has 0 aliphatic carbocycles. The first kappa shape index (κ1) is 21.6. The summed E-state index contributed by atoms with van der Waals surface area (Å²) >= 11 is 2.49. The van der Waals surface area contributed by atoms with Crippen LogP contribution < -0.4 is 0 Å². The van der Waals surface area contributed by atoms with Gasteiger partial charge >= 0.3 is 0 Å². The summed E-state index contributed by atoms with van der Waals surface area (Å²) in [5, 5.41) is 0. The Hall–Kier alpha value is -2.65. The number of halogens is 1. The largest absolute Gasteiger partial charge is 0.0641 e. The molecule has 31 heavy (non-hydrogen) atoms. The molecule has 154 valence electrons. The van der Waals surface area contributed by atoms with E-state index in [2.05, 4.69) is 146 Å². The molecule has 0 aliphatic heterocycles. The number of benzene rings is 4. The fraction of sp³-hybridized carbons (Fsp3) is 0.133. The predicted octanol–water partition coefficient (Wildman–Crippen LogP) is 8.48. The third kappa shape index (κ3) is 4.67. The molecule has 0 spiro atoms. The average Bonchev–Trinajstić information content (AvgIpc) is 2.81. The van der Waals surface area contributed by atoms with E-state index in [9.17, 15) is 0 Å². The van der Waals surface area contributed by atoms with E-state index in [1.54, 1.807) is 0 Å². The Balaban J connectivity index is 2.00. The van der Waals surface area contributed by atoms with Crippen LogP contribution in [0.3, 0.4) is 0 Å². The molecule has 0 aliphatic rings. The lowest BCUT2D eigenvalue weighted by Gasteiger charge is -2.21. The van der Waals surface area contributed by atoms with Crippen LogP contribution in [0.2, 0.25) is 0 Å². The highest BCUT2D eigenvalue weighted by Crippen LogP contribution is 2.37. The molecule has 0 heterocycles. The molecule has 0 saturated carbocycles. The second-order valence-electron chi connectivity index (χ2n) is 8.07. The summed E-state index contributed by atoms with van der Waals surface area (Å²) in [6, 6.07) is 34.8. The Kier molecular flexibility index (Phi) is 6.72. The van der Waals surface area contributed by atoms with Crippen molar-refractivity contribution in [2.45, 2.75) is 26.7 Å². The second-order valence-corrected chi connectivity index (χ2v) is 9.15. The molecule has 0 fully saturated rings. The van der Waals surface area contributed by atoms with Crippen molar-refractivity contribution in [3.05, 3.63) is 146 Å². The van der Waals surface area contributed by atoms with Crippen molar-refractivity contribution in [3.63, 3.8) is 0 Å². The number of aryl methyl sites for hydroxylation is 2. The molecule has 0 radical (unpaired) electrons. The van der Waals surface area contributed by atoms with Crippen molar-refractivity contribution in [2.75, 3.05) is 0 Å². The maximum atomic E-state index is 2.49. The van der Waals surface area contributed by atoms with Gasteiger partial charge in [-0.3, -0.25) is 0 Å². The van der Waals surface area contributed by atoms with Gasteiger partial charge in [0.25, 0.3) is 0 Å². The first-order chi connectivity index (χ1) is 15.1. The Morgan fingerprint density at radius 1 is 0.677 bits per heavy atom. The van der Waals surface area contributed by atoms with E-state index in [-0.39, 0.29) is 5.92 Å². The van der Waals surface area contributed by atoms with Crippen molar-refractivity contribution in [1.29, 1.82) is 0 Å². The van der Waals surface area contributed by atoms with E-state index in [1.807, 2.05) is 0 Å². The van der Waals surface area contributed by atoms with Crippen LogP contribution >= 0.6 is 22.6 Å². The standard InChI is InChI=1S/C30H27I/c1-21-19-22(2)30(31)23(3)29(21)28(26-17-11-6-12-18-26)20-27(24-13-7-4-8-14-24)25-15-9-5-10-16-25/h4-20,27H,1-3H3/b28-20+. The van der Waals surface area contributed by atoms with Crippen LogP contribution in [0.15, 0.2) is 103 Å². The molecule has 4 aromatic carbocycles. The molecule has 0 atom stereocenters. The van der Waals surface area contributed by atoms with Gasteiger partial charge in [0.1, 0.15) is 0 Å². The Morgan fingerprint density at radius 3 is 1.68 bits per heavy atom. The first-order valence-corrected chi connectivity index (χ1v) is 11.8. The van der Waals surface area contributed by atoms with Crippen LogP contribution in [0, 0.1) is 24.3 Å². The molecule has 0 N–H and O–H groups in total. The van der Waals surface area contributed by atoms with Crippen molar-refractivity contribution in [3.8, 4) is 0 Å². The van der Waals surface area contributed by atoms with Gasteiger partial charge in [0.2, 0.25) is 0 Å². The lowest BCUT2D eigenvalue weighted by Crippen LogP contribution is -2.04. The lowest BCUT2D eigenvalue weighted by atomic mass is 9.83. The van der Waals surface area contributed by atoms with E-state index in [1.165, 1.54) is 48.1 Å². The van der Waals surface area contributed by atoms with Crippen molar-refractivity contribution in [1.82, 2.24) is 0 Å². The van der Waals surface area contributed by atoms with Crippen LogP contribution in [0.25, 0.3) is 5.57 Å². The summed E-state index contributed by atoms with van der Waals surface area (Å²) in [6.07, 6.45) is 2.46. The lowest BCUT2D eigenvalue weighted by molar-refractivity contribution is 1.03. The normalized spacial score (nSPS) is 11.7. The minimum absolute atomic E-state index is 0.176. The summed E-state index contributed by atoms with van der Waals surface area (Å²) in [5.41, 5.74) is 10.5. The number of hydrogen-bond acceptors (Lipinski definition) is 0. The fourth-order valence-corrected chi connectivity index (χ4v) is 4.82. The maximum Gasteiger partial charge on any atom is 0.0278 e. The van der Waals surface area contributed by atoms with Crippen LogP contribution in [-0.4, -0.2) is 0 Å². The van der Waals surface area contributed by atoms with E-state index < -0.39 is 0 Å². The smallest absolute Gasteiger partial charge is 0.0278 e. The monoisotopic (exact) mass is 514 g/mol. The fourth-order valence-electron chi connectivity index (χ4n) is 4.39. The molecule has 4 aromatic rings. The molecule has 0 unspecified atom stereocenters. The molecule has 0 nitrogen and oxygen atoms in total. The molecule has 0 aromatic heterocycles. The van der Waals surface area contributed by atoms with Gasteiger partial charge < -0.3 is 0 Å². The van der Waals surface area contributed by atoms with E-state index >= 15 is 0 Å². The van der Waals surface area contributed by atoms with E-state index in [0.717, 1.165) is 0 Å². The van der Waals surface area contributed by atoms with Gasteiger partial charge in [-0.25, -0.2) is 0 Å². The third-order valence-electron chi connectivity index (χ3n) is 5.88. The van der Waals surface area contributed by atoms with Gasteiger partial charge in [0.05, 0.1) is 0 Å². The summed E-state index contributed by atoms with van der Waals surface area (Å²) in [5.74, 6) is 0.176. The minimum atomic E-state index is 0.176. The summed E-state index contributed by atoms with van der Waals surface area (Å²) < 4.78 is 1.34. The van der Waals surface area contributed by atoms with Crippen LogP contribution in [-0.2, 0) is 0 Å². The SMILES string of the molecule is Cc1cc(C)c(/C(=C/C(c2ccccc2)c2ccccc2)c2ccccc2)c(C)c1I. The molecule has 0 saturated heterocycles. The molecule has 0 amide bonds. The summed E-state index contributed by atoms with van der Waals surface area (Å²) in [7, 11) is 0. The second kappa shape index (κ2) is 9.65. The van der Waals surface area contributed by atoms with Crippen molar-refractivity contribution >= 4 is 28.2 Å². The number of rotatable bonds is 5. The minimum Gasteiger partial charge on any atom is -0.0641 e. The first-order valence-electron chi connectivity index (χ1n) is 10.7. The van der Waals surface area contributed by atoms with Crippen LogP contribution in [0.5, 0.6) is 0 Å². The third-order valence-corrected chi connectivity index (χ3v) is 7.54.